The van der Waals surface area contributed by atoms with Crippen LogP contribution in [0.3, 0.4) is 0 Å². The molecule has 1 N–H and O–H groups in total. The molecule has 1 aromatic heterocycles. The quantitative estimate of drug-likeness (QED) is 0.650. The Morgan fingerprint density at radius 2 is 2.00 bits per heavy atom. The number of nitrogens with zero attached hydrogens (tertiary/aromatic N) is 2. The topological polar surface area (TPSA) is 54.4 Å². The van der Waals surface area contributed by atoms with Crippen LogP contribution < -0.4 is 5.32 Å². The molecule has 94 valence electrons. The lowest BCUT2D eigenvalue weighted by Crippen LogP contribution is -2.25. The Balaban J connectivity index is 0.00000121. The van der Waals surface area contributed by atoms with E-state index in [9.17, 15) is 4.79 Å². The predicted molar refractivity (Wildman–Crippen MR) is 74.1 cm³/mol. The Hall–Kier alpha value is -1.36. The van der Waals surface area contributed by atoms with Crippen molar-refractivity contribution in [3.8, 4) is 0 Å². The highest BCUT2D eigenvalue weighted by atomic mass is 32.2. The monoisotopic (exact) mass is 253 g/mol. The SMILES string of the molecule is CC.CN=C(NC(C)=O)SCc1ccncc1. The van der Waals surface area contributed by atoms with Gasteiger partial charge in [0.15, 0.2) is 5.17 Å². The van der Waals surface area contributed by atoms with Crippen molar-refractivity contribution in [3.05, 3.63) is 30.1 Å². The van der Waals surface area contributed by atoms with Gasteiger partial charge < -0.3 is 5.32 Å². The van der Waals surface area contributed by atoms with Gasteiger partial charge in [-0.1, -0.05) is 25.6 Å². The number of aliphatic imine (C=N–C) groups is 1. The van der Waals surface area contributed by atoms with E-state index in [0.717, 1.165) is 11.3 Å². The number of hydrogen-bond donors (Lipinski definition) is 1. The lowest BCUT2D eigenvalue weighted by Gasteiger charge is -2.05. The molecule has 1 amide bonds. The molecule has 0 fully saturated rings. The molecule has 1 aromatic rings. The fourth-order valence-electron chi connectivity index (χ4n) is 0.938. The molecule has 4 nitrogen and oxygen atoms in total. The Morgan fingerprint density at radius 3 is 2.47 bits per heavy atom. The number of pyridine rings is 1. The molecule has 0 radical (unpaired) electrons. The number of carbonyl (C=O) groups excluding carboxylic acids is 1. The molecule has 0 aromatic carbocycles. The summed E-state index contributed by atoms with van der Waals surface area (Å²) in [6.45, 7) is 5.47. The summed E-state index contributed by atoms with van der Waals surface area (Å²) in [6, 6.07) is 3.88. The van der Waals surface area contributed by atoms with Crippen LogP contribution in [-0.4, -0.2) is 23.1 Å². The van der Waals surface area contributed by atoms with Gasteiger partial charge in [-0.2, -0.15) is 0 Å². The van der Waals surface area contributed by atoms with Crippen LogP contribution in [0, 0.1) is 0 Å². The maximum atomic E-state index is 10.8. The van der Waals surface area contributed by atoms with Crippen LogP contribution in [0.25, 0.3) is 0 Å². The zero-order chi connectivity index (χ0) is 13.1. The molecule has 0 saturated carbocycles. The maximum absolute atomic E-state index is 10.8. The van der Waals surface area contributed by atoms with Gasteiger partial charge in [0.25, 0.3) is 0 Å². The van der Waals surface area contributed by atoms with E-state index in [1.54, 1.807) is 19.4 Å². The minimum Gasteiger partial charge on any atom is -0.306 e. The Labute approximate surface area is 107 Å². The smallest absolute Gasteiger partial charge is 0.222 e. The first-order valence-electron chi connectivity index (χ1n) is 5.48. The molecule has 0 unspecified atom stereocenters. The van der Waals surface area contributed by atoms with E-state index < -0.39 is 0 Å². The largest absolute Gasteiger partial charge is 0.306 e. The number of aromatic nitrogens is 1. The second-order valence-electron chi connectivity index (χ2n) is 2.85. The summed E-state index contributed by atoms with van der Waals surface area (Å²) in [6.07, 6.45) is 3.49. The minimum atomic E-state index is -0.0992. The van der Waals surface area contributed by atoms with Crippen LogP contribution in [0.15, 0.2) is 29.5 Å². The van der Waals surface area contributed by atoms with Crippen molar-refractivity contribution < 1.29 is 4.79 Å². The van der Waals surface area contributed by atoms with Crippen LogP contribution in [0.4, 0.5) is 0 Å². The number of carbonyl (C=O) groups is 1. The van der Waals surface area contributed by atoms with Crippen LogP contribution in [-0.2, 0) is 10.5 Å². The first kappa shape index (κ1) is 15.6. The van der Waals surface area contributed by atoms with E-state index in [-0.39, 0.29) is 5.91 Å². The Morgan fingerprint density at radius 1 is 1.41 bits per heavy atom. The summed E-state index contributed by atoms with van der Waals surface area (Å²) >= 11 is 1.49. The number of amides is 1. The van der Waals surface area contributed by atoms with Crippen LogP contribution >= 0.6 is 11.8 Å². The summed E-state index contributed by atoms with van der Waals surface area (Å²) in [5.41, 5.74) is 1.15. The van der Waals surface area contributed by atoms with Crippen LogP contribution in [0.2, 0.25) is 0 Å². The zero-order valence-corrected chi connectivity index (χ0v) is 11.5. The van der Waals surface area contributed by atoms with Gasteiger partial charge in [-0.3, -0.25) is 14.8 Å². The van der Waals surface area contributed by atoms with Crippen LogP contribution in [0.1, 0.15) is 26.3 Å². The standard InChI is InChI=1S/C10H13N3OS.C2H6/c1-8(14)13-10(11-2)15-7-9-3-5-12-6-4-9;1-2/h3-6H,7H2,1-2H3,(H,11,13,14);1-2H3. The van der Waals surface area contributed by atoms with Gasteiger partial charge in [0.05, 0.1) is 0 Å². The van der Waals surface area contributed by atoms with Gasteiger partial charge in [0.2, 0.25) is 5.91 Å². The third-order valence-electron chi connectivity index (χ3n) is 1.61. The first-order valence-corrected chi connectivity index (χ1v) is 6.47. The highest BCUT2D eigenvalue weighted by Crippen LogP contribution is 2.11. The van der Waals surface area contributed by atoms with E-state index in [1.165, 1.54) is 18.7 Å². The van der Waals surface area contributed by atoms with Gasteiger partial charge in [0.1, 0.15) is 0 Å². The molecule has 0 aliphatic heterocycles. The number of rotatable bonds is 2. The molecule has 0 atom stereocenters. The molecule has 1 heterocycles. The molecule has 0 aliphatic carbocycles. The van der Waals surface area contributed by atoms with Crippen molar-refractivity contribution in [1.82, 2.24) is 10.3 Å². The van der Waals surface area contributed by atoms with Crippen molar-refractivity contribution in [2.24, 2.45) is 4.99 Å². The summed E-state index contributed by atoms with van der Waals surface area (Å²) in [5, 5.41) is 3.30. The molecule has 5 heteroatoms. The third kappa shape index (κ3) is 7.52. The average molecular weight is 253 g/mol. The van der Waals surface area contributed by atoms with E-state index in [0.29, 0.717) is 5.17 Å². The van der Waals surface area contributed by atoms with Crippen molar-refractivity contribution in [2.45, 2.75) is 26.5 Å². The van der Waals surface area contributed by atoms with E-state index in [2.05, 4.69) is 15.3 Å². The molecule has 0 spiro atoms. The summed E-state index contributed by atoms with van der Waals surface area (Å²) < 4.78 is 0. The number of thioether (sulfide) groups is 1. The van der Waals surface area contributed by atoms with Gasteiger partial charge in [-0.25, -0.2) is 0 Å². The number of hydrogen-bond acceptors (Lipinski definition) is 4. The first-order chi connectivity index (χ1) is 8.22. The van der Waals surface area contributed by atoms with Crippen molar-refractivity contribution >= 4 is 22.8 Å². The summed E-state index contributed by atoms with van der Waals surface area (Å²) in [4.78, 5) is 18.7. The van der Waals surface area contributed by atoms with Gasteiger partial charge >= 0.3 is 0 Å². The van der Waals surface area contributed by atoms with E-state index in [1.807, 2.05) is 26.0 Å². The fraction of sp³-hybridized carbons (Fsp3) is 0.417. The molecular formula is C12H19N3OS. The molecule has 0 bridgehead atoms. The average Bonchev–Trinajstić information content (AvgIpc) is 2.37. The lowest BCUT2D eigenvalue weighted by atomic mass is 10.3. The molecule has 0 saturated heterocycles. The number of nitrogens with one attached hydrogen (secondary N) is 1. The van der Waals surface area contributed by atoms with Gasteiger partial charge in [-0.05, 0) is 17.7 Å². The van der Waals surface area contributed by atoms with E-state index >= 15 is 0 Å². The third-order valence-corrected chi connectivity index (χ3v) is 2.65. The molecular weight excluding hydrogens is 234 g/mol. The lowest BCUT2D eigenvalue weighted by molar-refractivity contribution is -0.117. The van der Waals surface area contributed by atoms with Gasteiger partial charge in [-0.15, -0.1) is 0 Å². The minimum absolute atomic E-state index is 0.0992. The second-order valence-corrected chi connectivity index (χ2v) is 3.82. The molecule has 1 rings (SSSR count). The highest BCUT2D eigenvalue weighted by molar-refractivity contribution is 8.13. The maximum Gasteiger partial charge on any atom is 0.222 e. The highest BCUT2D eigenvalue weighted by Gasteiger charge is 2.01. The van der Waals surface area contributed by atoms with Crippen molar-refractivity contribution in [3.63, 3.8) is 0 Å². The van der Waals surface area contributed by atoms with Gasteiger partial charge in [0, 0.05) is 32.1 Å². The Kier molecular flexibility index (Phi) is 9.05. The second kappa shape index (κ2) is 9.84. The Bertz CT molecular complexity index is 352. The summed E-state index contributed by atoms with van der Waals surface area (Å²) in [5.74, 6) is 0.674. The predicted octanol–water partition coefficient (Wildman–Crippen LogP) is 2.46. The molecule has 17 heavy (non-hydrogen) atoms. The van der Waals surface area contributed by atoms with E-state index in [4.69, 9.17) is 0 Å². The normalized spacial score (nSPS) is 10.2. The molecule has 0 aliphatic rings. The van der Waals surface area contributed by atoms with Crippen molar-refractivity contribution in [1.29, 1.82) is 0 Å². The fourth-order valence-corrected chi connectivity index (χ4v) is 1.78. The van der Waals surface area contributed by atoms with Crippen molar-refractivity contribution in [2.75, 3.05) is 7.05 Å². The summed E-state index contributed by atoms with van der Waals surface area (Å²) in [7, 11) is 1.66. The number of amidine groups is 1. The van der Waals surface area contributed by atoms with Crippen LogP contribution in [0.5, 0.6) is 0 Å². The zero-order valence-electron chi connectivity index (χ0n) is 10.7.